The van der Waals surface area contributed by atoms with E-state index in [0.717, 1.165) is 48.9 Å². The van der Waals surface area contributed by atoms with Crippen molar-refractivity contribution in [3.63, 3.8) is 0 Å². The molecule has 0 aliphatic carbocycles. The Hall–Kier alpha value is -3.77. The number of carbonyl (C=O) groups is 1. The van der Waals surface area contributed by atoms with Crippen molar-refractivity contribution >= 4 is 45.9 Å². The standard InChI is InChI=1S/C25H27ClN6O3/c1-4-5-16-8-10-32(11-9-16)25-28-14-19(26)23(30-25)29-18-6-7-20-17(12-18)13-21(24(34)31(20)3)35-15-22(33)27-2/h1,6-7,12-14,16H,5,8-11,15H2,2-3H3,(H,27,33)(H,28,29,30). The Labute approximate surface area is 208 Å². The number of ether oxygens (including phenoxy) is 1. The van der Waals surface area contributed by atoms with E-state index >= 15 is 0 Å². The van der Waals surface area contributed by atoms with Crippen molar-refractivity contribution in [1.29, 1.82) is 0 Å². The summed E-state index contributed by atoms with van der Waals surface area (Å²) in [6.45, 7) is 1.45. The molecule has 1 fully saturated rings. The molecule has 1 amide bonds. The molecule has 1 saturated heterocycles. The fourth-order valence-corrected chi connectivity index (χ4v) is 4.23. The third kappa shape index (κ3) is 5.49. The number of nitrogens with zero attached hydrogens (tertiary/aromatic N) is 4. The molecule has 1 aliphatic heterocycles. The predicted octanol–water partition coefficient (Wildman–Crippen LogP) is 3.09. The van der Waals surface area contributed by atoms with Crippen LogP contribution in [0.3, 0.4) is 0 Å². The number of hydrogen-bond acceptors (Lipinski definition) is 7. The summed E-state index contributed by atoms with van der Waals surface area (Å²) in [5.41, 5.74) is 1.13. The molecule has 9 nitrogen and oxygen atoms in total. The number of rotatable bonds is 7. The summed E-state index contributed by atoms with van der Waals surface area (Å²) in [5.74, 6) is 4.17. The molecule has 2 N–H and O–H groups in total. The van der Waals surface area contributed by atoms with E-state index in [1.54, 1.807) is 19.3 Å². The Balaban J connectivity index is 1.57. The molecule has 0 spiro atoms. The van der Waals surface area contributed by atoms with Crippen molar-refractivity contribution in [2.24, 2.45) is 13.0 Å². The lowest BCUT2D eigenvalue weighted by atomic mass is 9.94. The van der Waals surface area contributed by atoms with Crippen LogP contribution in [0.2, 0.25) is 5.02 Å². The lowest BCUT2D eigenvalue weighted by Gasteiger charge is -2.31. The quantitative estimate of drug-likeness (QED) is 0.487. The number of anilines is 3. The molecule has 4 rings (SSSR count). The third-order valence-corrected chi connectivity index (χ3v) is 6.40. The van der Waals surface area contributed by atoms with Gasteiger partial charge in [-0.25, -0.2) is 4.98 Å². The lowest BCUT2D eigenvalue weighted by Crippen LogP contribution is -2.34. The van der Waals surface area contributed by atoms with E-state index in [2.05, 4.69) is 31.4 Å². The summed E-state index contributed by atoms with van der Waals surface area (Å²) >= 11 is 6.39. The number of aromatic nitrogens is 3. The molecule has 3 heterocycles. The second-order valence-electron chi connectivity index (χ2n) is 8.44. The highest BCUT2D eigenvalue weighted by Crippen LogP contribution is 2.29. The number of nitrogens with one attached hydrogen (secondary N) is 2. The summed E-state index contributed by atoms with van der Waals surface area (Å²) in [7, 11) is 3.16. The topological polar surface area (TPSA) is 101 Å². The maximum Gasteiger partial charge on any atom is 0.293 e. The molecule has 35 heavy (non-hydrogen) atoms. The number of aryl methyl sites for hydroxylation is 1. The summed E-state index contributed by atoms with van der Waals surface area (Å²) in [6.07, 6.45) is 9.86. The fraction of sp³-hybridized carbons (Fsp3) is 0.360. The Bertz CT molecular complexity index is 1340. The average Bonchev–Trinajstić information content (AvgIpc) is 2.87. The molecule has 0 unspecified atom stereocenters. The summed E-state index contributed by atoms with van der Waals surface area (Å²) in [5, 5.41) is 6.87. The minimum atomic E-state index is -0.323. The molecule has 0 bridgehead atoms. The van der Waals surface area contributed by atoms with Crippen LogP contribution >= 0.6 is 11.6 Å². The maximum absolute atomic E-state index is 12.6. The van der Waals surface area contributed by atoms with Gasteiger partial charge in [0.15, 0.2) is 18.2 Å². The number of fused-ring (bicyclic) bond motifs is 1. The van der Waals surface area contributed by atoms with Gasteiger partial charge in [-0.2, -0.15) is 4.98 Å². The van der Waals surface area contributed by atoms with Crippen LogP contribution in [0.15, 0.2) is 35.3 Å². The molecule has 0 atom stereocenters. The number of hydrogen-bond donors (Lipinski definition) is 2. The van der Waals surface area contributed by atoms with Gasteiger partial charge >= 0.3 is 0 Å². The molecule has 1 aromatic carbocycles. The summed E-state index contributed by atoms with van der Waals surface area (Å²) in [6, 6.07) is 7.16. The zero-order valence-electron chi connectivity index (χ0n) is 19.7. The van der Waals surface area contributed by atoms with Gasteiger partial charge in [-0.1, -0.05) is 11.6 Å². The van der Waals surface area contributed by atoms with Crippen LogP contribution in [-0.4, -0.2) is 47.2 Å². The van der Waals surface area contributed by atoms with Gasteiger partial charge < -0.3 is 24.8 Å². The first-order chi connectivity index (χ1) is 16.9. The number of halogens is 1. The first-order valence-electron chi connectivity index (χ1n) is 11.3. The van der Waals surface area contributed by atoms with Crippen molar-refractivity contribution in [3.05, 3.63) is 45.8 Å². The highest BCUT2D eigenvalue weighted by Gasteiger charge is 2.21. The molecule has 2 aromatic heterocycles. The molecule has 3 aromatic rings. The van der Waals surface area contributed by atoms with Gasteiger partial charge in [-0.05, 0) is 43.0 Å². The van der Waals surface area contributed by atoms with Gasteiger partial charge in [0.05, 0.1) is 11.7 Å². The average molecular weight is 495 g/mol. The number of amides is 1. The van der Waals surface area contributed by atoms with Gasteiger partial charge in [0.25, 0.3) is 11.5 Å². The Morgan fingerprint density at radius 3 is 2.80 bits per heavy atom. The molecule has 1 aliphatic rings. The van der Waals surface area contributed by atoms with E-state index < -0.39 is 0 Å². The van der Waals surface area contributed by atoms with E-state index in [1.165, 1.54) is 11.6 Å². The smallest absolute Gasteiger partial charge is 0.293 e. The first-order valence-corrected chi connectivity index (χ1v) is 11.7. The van der Waals surface area contributed by atoms with Crippen LogP contribution in [0.1, 0.15) is 19.3 Å². The van der Waals surface area contributed by atoms with Gasteiger partial charge in [0, 0.05) is 44.7 Å². The SMILES string of the molecule is C#CCC1CCN(c2ncc(Cl)c(Nc3ccc4c(c3)cc(OCC(=O)NC)c(=O)n4C)n2)CC1. The summed E-state index contributed by atoms with van der Waals surface area (Å²) in [4.78, 5) is 35.3. The fourth-order valence-electron chi connectivity index (χ4n) is 4.09. The van der Waals surface area contributed by atoms with Gasteiger partial charge in [0.2, 0.25) is 5.95 Å². The highest BCUT2D eigenvalue weighted by atomic mass is 35.5. The van der Waals surface area contributed by atoms with Crippen LogP contribution in [0.4, 0.5) is 17.5 Å². The highest BCUT2D eigenvalue weighted by molar-refractivity contribution is 6.32. The number of piperidine rings is 1. The zero-order valence-corrected chi connectivity index (χ0v) is 20.4. The summed E-state index contributed by atoms with van der Waals surface area (Å²) < 4.78 is 6.92. The lowest BCUT2D eigenvalue weighted by molar-refractivity contribution is -0.122. The van der Waals surface area contributed by atoms with Crippen LogP contribution in [-0.2, 0) is 11.8 Å². The number of terminal acetylenes is 1. The second-order valence-corrected chi connectivity index (χ2v) is 8.85. The molecular formula is C25H27ClN6O3. The molecule has 10 heteroatoms. The minimum absolute atomic E-state index is 0.0938. The van der Waals surface area contributed by atoms with Crippen LogP contribution in [0.25, 0.3) is 10.9 Å². The largest absolute Gasteiger partial charge is 0.478 e. The Morgan fingerprint density at radius 2 is 2.09 bits per heavy atom. The van der Waals surface area contributed by atoms with E-state index in [1.807, 2.05) is 18.2 Å². The Morgan fingerprint density at radius 1 is 1.31 bits per heavy atom. The van der Waals surface area contributed by atoms with Crippen molar-refractivity contribution < 1.29 is 9.53 Å². The monoisotopic (exact) mass is 494 g/mol. The third-order valence-electron chi connectivity index (χ3n) is 6.13. The van der Waals surface area contributed by atoms with Crippen molar-refractivity contribution in [2.75, 3.05) is 37.0 Å². The minimum Gasteiger partial charge on any atom is -0.478 e. The normalized spacial score (nSPS) is 13.9. The van der Waals surface area contributed by atoms with Gasteiger partial charge in [0.1, 0.15) is 5.02 Å². The van der Waals surface area contributed by atoms with E-state index in [4.69, 9.17) is 22.8 Å². The second kappa shape index (κ2) is 10.7. The van der Waals surface area contributed by atoms with Crippen molar-refractivity contribution in [2.45, 2.75) is 19.3 Å². The van der Waals surface area contributed by atoms with E-state index in [-0.39, 0.29) is 23.8 Å². The van der Waals surface area contributed by atoms with Crippen LogP contribution < -0.4 is 25.8 Å². The van der Waals surface area contributed by atoms with Crippen molar-refractivity contribution in [1.82, 2.24) is 19.9 Å². The molecule has 0 radical (unpaired) electrons. The van der Waals surface area contributed by atoms with E-state index in [9.17, 15) is 9.59 Å². The Kier molecular flexibility index (Phi) is 7.42. The molecule has 0 saturated carbocycles. The number of carbonyl (C=O) groups excluding carboxylic acids is 1. The number of benzene rings is 1. The first kappa shape index (κ1) is 24.4. The van der Waals surface area contributed by atoms with E-state index in [0.29, 0.717) is 22.7 Å². The predicted molar refractivity (Wildman–Crippen MR) is 137 cm³/mol. The van der Waals surface area contributed by atoms with Crippen LogP contribution in [0, 0.1) is 18.3 Å². The zero-order chi connectivity index (χ0) is 24.9. The van der Waals surface area contributed by atoms with Crippen LogP contribution in [0.5, 0.6) is 5.75 Å². The number of pyridine rings is 1. The molecular weight excluding hydrogens is 468 g/mol. The van der Waals surface area contributed by atoms with Gasteiger partial charge in [-0.3, -0.25) is 9.59 Å². The maximum atomic E-state index is 12.6. The van der Waals surface area contributed by atoms with Gasteiger partial charge in [-0.15, -0.1) is 12.3 Å². The number of likely N-dealkylation sites (N-methyl/N-ethyl adjacent to an activating group) is 1. The molecule has 182 valence electrons. The van der Waals surface area contributed by atoms with Crippen molar-refractivity contribution in [3.8, 4) is 18.1 Å².